The fraction of sp³-hybridized carbons (Fsp3) is 0.400. The quantitative estimate of drug-likeness (QED) is 0.494. The summed E-state index contributed by atoms with van der Waals surface area (Å²) in [5.74, 6) is 1.67. The van der Waals surface area contributed by atoms with Gasteiger partial charge in [0.1, 0.15) is 15.9 Å². The van der Waals surface area contributed by atoms with Gasteiger partial charge in [-0.15, -0.1) is 0 Å². The van der Waals surface area contributed by atoms with E-state index in [1.807, 2.05) is 6.07 Å². The zero-order valence-corrected chi connectivity index (χ0v) is 18.5. The summed E-state index contributed by atoms with van der Waals surface area (Å²) in [6.45, 7) is 12.8. The molecule has 0 aliphatic carbocycles. The van der Waals surface area contributed by atoms with Gasteiger partial charge in [0, 0.05) is 5.56 Å². The molecule has 28 heavy (non-hydrogen) atoms. The van der Waals surface area contributed by atoms with Gasteiger partial charge in [-0.3, -0.25) is 0 Å². The Labute approximate surface area is 167 Å². The first-order valence-electron chi connectivity index (χ1n) is 8.84. The maximum absolute atomic E-state index is 11.0. The summed E-state index contributed by atoms with van der Waals surface area (Å²) in [5.41, 5.74) is 1.98. The zero-order valence-electron chi connectivity index (χ0n) is 16.8. The summed E-state index contributed by atoms with van der Waals surface area (Å²) in [6.07, 6.45) is 0. The maximum Gasteiger partial charge on any atom is 0.530 e. The number of hydrogen-bond acceptors (Lipinski definition) is 6. The van der Waals surface area contributed by atoms with Crippen molar-refractivity contribution in [3.8, 4) is 17.2 Å². The molecule has 0 N–H and O–H groups in total. The molecular weight excluding hydrogens is 399 g/mol. The van der Waals surface area contributed by atoms with Gasteiger partial charge in [-0.25, -0.2) is 8.42 Å². The van der Waals surface area contributed by atoms with Crippen LogP contribution in [0.15, 0.2) is 41.3 Å². The molecule has 0 saturated carbocycles. The van der Waals surface area contributed by atoms with Crippen molar-refractivity contribution < 1.29 is 26.5 Å². The van der Waals surface area contributed by atoms with Crippen molar-refractivity contribution in [2.75, 3.05) is 0 Å². The number of hydrogen-bond donors (Lipinski definition) is 0. The highest BCUT2D eigenvalue weighted by atomic mass is 32.2. The summed E-state index contributed by atoms with van der Waals surface area (Å²) in [4.78, 5) is -0.311. The molecule has 0 radical (unpaired) electrons. The summed E-state index contributed by atoms with van der Waals surface area (Å²) < 4.78 is 50.8. The first kappa shape index (κ1) is 20.9. The molecular formula is C20H24O6PS-. The maximum atomic E-state index is 11.0. The Morgan fingerprint density at radius 2 is 1.54 bits per heavy atom. The van der Waals surface area contributed by atoms with Crippen molar-refractivity contribution in [1.82, 2.24) is 0 Å². The van der Waals surface area contributed by atoms with Crippen LogP contribution in [0.3, 0.4) is 0 Å². The monoisotopic (exact) mass is 423 g/mol. The van der Waals surface area contributed by atoms with Gasteiger partial charge >= 0.3 is 8.60 Å². The van der Waals surface area contributed by atoms with Crippen LogP contribution in [0.5, 0.6) is 17.2 Å². The van der Waals surface area contributed by atoms with Crippen molar-refractivity contribution in [3.63, 3.8) is 0 Å². The Kier molecular flexibility index (Phi) is 5.15. The number of rotatable bonds is 3. The lowest BCUT2D eigenvalue weighted by molar-refractivity contribution is 0.431. The van der Waals surface area contributed by atoms with Gasteiger partial charge in [-0.1, -0.05) is 47.6 Å². The first-order valence-corrected chi connectivity index (χ1v) is 11.3. The van der Waals surface area contributed by atoms with E-state index < -0.39 is 18.7 Å². The molecule has 3 rings (SSSR count). The van der Waals surface area contributed by atoms with Crippen LogP contribution in [0, 0.1) is 0 Å². The summed E-state index contributed by atoms with van der Waals surface area (Å²) in [6, 6.07) is 9.35. The number of benzene rings is 2. The van der Waals surface area contributed by atoms with Crippen LogP contribution in [0.4, 0.5) is 0 Å². The van der Waals surface area contributed by atoms with Gasteiger partial charge in [0.05, 0.1) is 4.90 Å². The van der Waals surface area contributed by atoms with Gasteiger partial charge in [0.2, 0.25) is 0 Å². The van der Waals surface area contributed by atoms with E-state index in [4.69, 9.17) is 13.6 Å². The molecule has 1 aliphatic rings. The van der Waals surface area contributed by atoms with Gasteiger partial charge in [0.25, 0.3) is 0 Å². The van der Waals surface area contributed by atoms with Gasteiger partial charge in [-0.05, 0) is 46.7 Å². The SMILES string of the molecule is CC(C)(C)c1cc2c(c(C(C)(C)C)c1)OP(Oc1ccc(S(=O)(=O)[O-])cc1)O2. The molecule has 8 heteroatoms. The molecule has 1 atom stereocenters. The lowest BCUT2D eigenvalue weighted by atomic mass is 9.80. The lowest BCUT2D eigenvalue weighted by Crippen LogP contribution is -2.16. The molecule has 1 unspecified atom stereocenters. The van der Waals surface area contributed by atoms with E-state index in [9.17, 15) is 13.0 Å². The van der Waals surface area contributed by atoms with Gasteiger partial charge in [0.15, 0.2) is 11.5 Å². The van der Waals surface area contributed by atoms with Crippen molar-refractivity contribution in [2.45, 2.75) is 57.3 Å². The second-order valence-electron chi connectivity index (χ2n) is 8.77. The Morgan fingerprint density at radius 3 is 2.04 bits per heavy atom. The topological polar surface area (TPSA) is 84.9 Å². The number of fused-ring (bicyclic) bond motifs is 1. The van der Waals surface area contributed by atoms with Gasteiger partial charge in [-0.2, -0.15) is 0 Å². The molecule has 0 saturated heterocycles. The molecule has 1 heterocycles. The van der Waals surface area contributed by atoms with Gasteiger partial charge < -0.3 is 18.1 Å². The van der Waals surface area contributed by atoms with Crippen LogP contribution >= 0.6 is 8.60 Å². The van der Waals surface area contributed by atoms with Crippen molar-refractivity contribution in [2.24, 2.45) is 0 Å². The molecule has 0 fully saturated rings. The Morgan fingerprint density at radius 1 is 0.929 bits per heavy atom. The van der Waals surface area contributed by atoms with Crippen molar-refractivity contribution in [3.05, 3.63) is 47.5 Å². The molecule has 2 aromatic rings. The molecule has 1 aliphatic heterocycles. The van der Waals surface area contributed by atoms with Crippen LogP contribution in [-0.2, 0) is 20.9 Å². The predicted molar refractivity (Wildman–Crippen MR) is 107 cm³/mol. The minimum absolute atomic E-state index is 0.0513. The predicted octanol–water partition coefficient (Wildman–Crippen LogP) is 5.26. The lowest BCUT2D eigenvalue weighted by Gasteiger charge is -2.25. The molecule has 2 aromatic carbocycles. The zero-order chi connectivity index (χ0) is 20.9. The fourth-order valence-corrected chi connectivity index (χ4v) is 4.23. The largest absolute Gasteiger partial charge is 0.744 e. The summed E-state index contributed by atoms with van der Waals surface area (Å²) in [7, 11) is -6.22. The third kappa shape index (κ3) is 4.43. The average Bonchev–Trinajstić information content (AvgIpc) is 2.93. The van der Waals surface area contributed by atoms with E-state index in [0.29, 0.717) is 17.2 Å². The average molecular weight is 423 g/mol. The van der Waals surface area contributed by atoms with Crippen LogP contribution in [0.25, 0.3) is 0 Å². The van der Waals surface area contributed by atoms with E-state index >= 15 is 0 Å². The summed E-state index contributed by atoms with van der Waals surface area (Å²) >= 11 is 0. The highest BCUT2D eigenvalue weighted by Crippen LogP contribution is 2.57. The Hall–Kier alpha value is -1.82. The third-order valence-electron chi connectivity index (χ3n) is 4.36. The van der Waals surface area contributed by atoms with Crippen molar-refractivity contribution >= 4 is 18.7 Å². The van der Waals surface area contributed by atoms with E-state index in [1.165, 1.54) is 24.3 Å². The summed E-state index contributed by atoms with van der Waals surface area (Å²) in [5, 5.41) is 0. The minimum atomic E-state index is -4.49. The van der Waals surface area contributed by atoms with E-state index in [-0.39, 0.29) is 15.7 Å². The first-order chi connectivity index (χ1) is 12.7. The standard InChI is InChI=1S/C20H25O6PS/c1-19(2,3)13-11-16(20(4,5)6)18-17(12-13)25-27(26-18)24-14-7-9-15(10-8-14)28(21,22)23/h7-12H,1-6H3,(H,21,22,23)/p-1. The molecule has 0 bridgehead atoms. The minimum Gasteiger partial charge on any atom is -0.744 e. The molecule has 6 nitrogen and oxygen atoms in total. The van der Waals surface area contributed by atoms with Crippen LogP contribution in [-0.4, -0.2) is 13.0 Å². The molecule has 0 spiro atoms. The van der Waals surface area contributed by atoms with Crippen LogP contribution in [0.1, 0.15) is 52.7 Å². The van der Waals surface area contributed by atoms with Crippen LogP contribution < -0.4 is 13.6 Å². The Bertz CT molecular complexity index is 985. The fourth-order valence-electron chi connectivity index (χ4n) is 2.72. The molecule has 152 valence electrons. The Balaban J connectivity index is 1.88. The van der Waals surface area contributed by atoms with E-state index in [1.54, 1.807) is 0 Å². The second kappa shape index (κ2) is 6.90. The second-order valence-corrected chi connectivity index (χ2v) is 11.1. The normalized spacial score (nSPS) is 16.9. The highest BCUT2D eigenvalue weighted by Gasteiger charge is 2.36. The third-order valence-corrected chi connectivity index (χ3v) is 6.25. The smallest absolute Gasteiger partial charge is 0.530 e. The van der Waals surface area contributed by atoms with Crippen LogP contribution in [0.2, 0.25) is 0 Å². The molecule has 0 aromatic heterocycles. The molecule has 0 amide bonds. The van der Waals surface area contributed by atoms with Crippen molar-refractivity contribution in [1.29, 1.82) is 0 Å². The van der Waals surface area contributed by atoms with E-state index in [2.05, 4.69) is 47.6 Å². The van der Waals surface area contributed by atoms with E-state index in [0.717, 1.165) is 11.1 Å². The highest BCUT2D eigenvalue weighted by molar-refractivity contribution is 7.85.